The summed E-state index contributed by atoms with van der Waals surface area (Å²) in [6.45, 7) is 9.95. The maximum absolute atomic E-state index is 12.9. The number of ether oxygens (including phenoxy) is 1. The summed E-state index contributed by atoms with van der Waals surface area (Å²) in [5.41, 5.74) is 0.858. The van der Waals surface area contributed by atoms with E-state index in [0.29, 0.717) is 26.2 Å². The molecular weight excluding hydrogens is 424 g/mol. The molecule has 1 aromatic rings. The Labute approximate surface area is 196 Å². The van der Waals surface area contributed by atoms with Crippen molar-refractivity contribution < 1.29 is 27.2 Å². The Morgan fingerprint density at radius 2 is 1.31 bits per heavy atom. The van der Waals surface area contributed by atoms with E-state index in [9.17, 15) is 4.79 Å². The summed E-state index contributed by atoms with van der Waals surface area (Å²) < 4.78 is 30.6. The molecule has 184 valence electrons. The Morgan fingerprint density at radius 1 is 0.812 bits per heavy atom. The maximum Gasteiger partial charge on any atom is 0.680 e. The Kier molecular flexibility index (Phi) is 15.5. The van der Waals surface area contributed by atoms with Gasteiger partial charge in [-0.05, 0) is 31.2 Å². The molecule has 1 aromatic carbocycles. The van der Waals surface area contributed by atoms with E-state index in [-0.39, 0.29) is 5.97 Å². The molecule has 0 bridgehead atoms. The summed E-state index contributed by atoms with van der Waals surface area (Å²) in [4.78, 5) is 12.9. The second-order valence-corrected chi connectivity index (χ2v) is 10.1. The molecule has 1 rings (SSSR count). The third-order valence-corrected chi connectivity index (χ3v) is 7.45. The molecule has 0 unspecified atom stereocenters. The van der Waals surface area contributed by atoms with Crippen LogP contribution >= 0.6 is 0 Å². The minimum Gasteiger partial charge on any atom is -0.468 e. The van der Waals surface area contributed by atoms with Gasteiger partial charge in [0.15, 0.2) is 0 Å². The zero-order valence-corrected chi connectivity index (χ0v) is 21.8. The van der Waals surface area contributed by atoms with Gasteiger partial charge in [-0.25, -0.2) is 0 Å². The van der Waals surface area contributed by atoms with Crippen LogP contribution < -0.4 is 0 Å². The number of hydrogen-bond acceptors (Lipinski definition) is 6. The Hall–Kier alpha value is -1.25. The van der Waals surface area contributed by atoms with Gasteiger partial charge in [-0.2, -0.15) is 0 Å². The van der Waals surface area contributed by atoms with Crippen molar-refractivity contribution >= 4 is 15.0 Å². The minimum absolute atomic E-state index is 0.326. The monoisotopic (exact) mass is 468 g/mol. The fourth-order valence-corrected chi connectivity index (χ4v) is 5.57. The molecule has 0 aromatic heterocycles. The second kappa shape index (κ2) is 17.3. The van der Waals surface area contributed by atoms with Crippen LogP contribution in [0.25, 0.3) is 0 Å². The van der Waals surface area contributed by atoms with Crippen molar-refractivity contribution in [3.8, 4) is 0 Å². The first-order valence-corrected chi connectivity index (χ1v) is 13.9. The molecule has 2 atom stereocenters. The molecule has 6 nitrogen and oxygen atoms in total. The molecule has 0 fully saturated rings. The van der Waals surface area contributed by atoms with Gasteiger partial charge in [0.2, 0.25) is 0 Å². The van der Waals surface area contributed by atoms with Gasteiger partial charge in [-0.3, -0.25) is 4.79 Å². The number of carbonyl (C=O) groups excluding carboxylic acids is 1. The lowest BCUT2D eigenvalue weighted by atomic mass is 9.91. The normalized spacial score (nSPS) is 13.7. The third-order valence-electron chi connectivity index (χ3n) is 5.18. The predicted molar refractivity (Wildman–Crippen MR) is 129 cm³/mol. The molecule has 0 saturated heterocycles. The largest absolute Gasteiger partial charge is 0.680 e. The van der Waals surface area contributed by atoms with E-state index in [4.69, 9.17) is 22.4 Å². The Bertz CT molecular complexity index is 571. The molecule has 0 saturated carbocycles. The molecular formula is C25H44O6Si. The van der Waals surface area contributed by atoms with E-state index in [1.807, 2.05) is 30.3 Å². The Balaban J connectivity index is 3.28. The van der Waals surface area contributed by atoms with Crippen LogP contribution in [0.1, 0.15) is 90.5 Å². The lowest BCUT2D eigenvalue weighted by Crippen LogP contribution is -2.53. The lowest BCUT2D eigenvalue weighted by molar-refractivity contribution is -0.147. The standard InChI is InChI=1S/C25H44O6Si/c1-6-10-19-28-32(29-20-11-7-2,30-21-12-8-3)31-23(16-9-4)24(25(26)27-5)22-17-14-13-15-18-22/h13-15,17-18,23-24H,6-12,16,19-21H2,1-5H3/t23-,24+/m0/s1. The molecule has 0 spiro atoms. The van der Waals surface area contributed by atoms with Crippen LogP contribution in [0.4, 0.5) is 0 Å². The number of carbonyl (C=O) groups is 1. The molecule has 0 N–H and O–H groups in total. The van der Waals surface area contributed by atoms with Crippen molar-refractivity contribution in [3.05, 3.63) is 35.9 Å². The van der Waals surface area contributed by atoms with Gasteiger partial charge in [0.1, 0.15) is 5.92 Å². The van der Waals surface area contributed by atoms with Crippen LogP contribution in [0.2, 0.25) is 0 Å². The van der Waals surface area contributed by atoms with Crippen LogP contribution in [0.5, 0.6) is 0 Å². The van der Waals surface area contributed by atoms with Crippen molar-refractivity contribution in [2.24, 2.45) is 0 Å². The van der Waals surface area contributed by atoms with E-state index in [1.54, 1.807) is 0 Å². The maximum atomic E-state index is 12.9. The highest BCUT2D eigenvalue weighted by molar-refractivity contribution is 6.53. The van der Waals surface area contributed by atoms with Crippen molar-refractivity contribution in [3.63, 3.8) is 0 Å². The smallest absolute Gasteiger partial charge is 0.468 e. The molecule has 0 amide bonds. The van der Waals surface area contributed by atoms with Gasteiger partial charge < -0.3 is 22.4 Å². The summed E-state index contributed by atoms with van der Waals surface area (Å²) in [5.74, 6) is -0.902. The number of rotatable bonds is 19. The number of methoxy groups -OCH3 is 1. The number of unbranched alkanes of at least 4 members (excludes halogenated alkanes) is 3. The second-order valence-electron chi connectivity index (χ2n) is 7.96. The van der Waals surface area contributed by atoms with Gasteiger partial charge in [-0.15, -0.1) is 0 Å². The SMILES string of the molecule is CCCCO[Si](OCCCC)(OCCCC)O[C@@H](CCC)[C@H](C(=O)OC)c1ccccc1. The average Bonchev–Trinajstić information content (AvgIpc) is 2.80. The van der Waals surface area contributed by atoms with Crippen LogP contribution in [-0.4, -0.2) is 48.1 Å². The predicted octanol–water partition coefficient (Wildman–Crippen LogP) is 6.01. The molecule has 0 radical (unpaired) electrons. The fraction of sp³-hybridized carbons (Fsp3) is 0.720. The quantitative estimate of drug-likeness (QED) is 0.141. The first-order valence-electron chi connectivity index (χ1n) is 12.3. The molecule has 0 heterocycles. The first-order chi connectivity index (χ1) is 15.6. The van der Waals surface area contributed by atoms with Crippen molar-refractivity contribution in [1.82, 2.24) is 0 Å². The topological polar surface area (TPSA) is 63.2 Å². The van der Waals surface area contributed by atoms with E-state index in [0.717, 1.165) is 50.5 Å². The first kappa shape index (κ1) is 28.8. The molecule has 32 heavy (non-hydrogen) atoms. The number of hydrogen-bond donors (Lipinski definition) is 0. The van der Waals surface area contributed by atoms with Crippen LogP contribution in [-0.2, 0) is 27.2 Å². The fourth-order valence-electron chi connectivity index (χ4n) is 3.30. The molecule has 0 aliphatic carbocycles. The van der Waals surface area contributed by atoms with Crippen molar-refractivity contribution in [2.75, 3.05) is 26.9 Å². The zero-order chi connectivity index (χ0) is 23.7. The number of esters is 1. The summed E-state index contributed by atoms with van der Waals surface area (Å²) in [7, 11) is -2.05. The highest BCUT2D eigenvalue weighted by atomic mass is 28.4. The van der Waals surface area contributed by atoms with Crippen LogP contribution in [0.15, 0.2) is 30.3 Å². The molecule has 0 aliphatic heterocycles. The minimum atomic E-state index is -3.47. The summed E-state index contributed by atoms with van der Waals surface area (Å²) in [6.07, 6.45) is 6.72. The zero-order valence-electron chi connectivity index (χ0n) is 20.8. The van der Waals surface area contributed by atoms with Crippen LogP contribution in [0, 0.1) is 0 Å². The van der Waals surface area contributed by atoms with E-state index in [1.165, 1.54) is 7.11 Å². The van der Waals surface area contributed by atoms with Gasteiger partial charge >= 0.3 is 15.0 Å². The lowest BCUT2D eigenvalue weighted by Gasteiger charge is -2.34. The van der Waals surface area contributed by atoms with Gasteiger partial charge in [0.05, 0.1) is 13.2 Å². The van der Waals surface area contributed by atoms with Crippen molar-refractivity contribution in [2.45, 2.75) is 91.1 Å². The number of benzene rings is 1. The van der Waals surface area contributed by atoms with Gasteiger partial charge in [0.25, 0.3) is 0 Å². The molecule has 7 heteroatoms. The van der Waals surface area contributed by atoms with Gasteiger partial charge in [-0.1, -0.05) is 83.7 Å². The highest BCUT2D eigenvalue weighted by Gasteiger charge is 2.50. The third kappa shape index (κ3) is 10.1. The molecule has 0 aliphatic rings. The van der Waals surface area contributed by atoms with Gasteiger partial charge in [0, 0.05) is 19.8 Å². The Morgan fingerprint density at radius 3 is 1.72 bits per heavy atom. The van der Waals surface area contributed by atoms with Crippen molar-refractivity contribution in [1.29, 1.82) is 0 Å². The van der Waals surface area contributed by atoms with Crippen LogP contribution in [0.3, 0.4) is 0 Å². The van der Waals surface area contributed by atoms with E-state index >= 15 is 0 Å². The summed E-state index contributed by atoms with van der Waals surface area (Å²) in [5, 5.41) is 0. The highest BCUT2D eigenvalue weighted by Crippen LogP contribution is 2.30. The van der Waals surface area contributed by atoms with E-state index < -0.39 is 21.1 Å². The average molecular weight is 469 g/mol. The summed E-state index contributed by atoms with van der Waals surface area (Å²) in [6, 6.07) is 9.65. The van der Waals surface area contributed by atoms with E-state index in [2.05, 4.69) is 27.7 Å². The summed E-state index contributed by atoms with van der Waals surface area (Å²) >= 11 is 0.